The first-order chi connectivity index (χ1) is 10.7. The van der Waals surface area contributed by atoms with Crippen LogP contribution >= 0.6 is 0 Å². The van der Waals surface area contributed by atoms with E-state index in [-0.39, 0.29) is 11.7 Å². The first-order valence-corrected chi connectivity index (χ1v) is 8.66. The highest BCUT2D eigenvalue weighted by molar-refractivity contribution is 7.90. The lowest BCUT2D eigenvalue weighted by molar-refractivity contribution is 0.201. The third-order valence-electron chi connectivity index (χ3n) is 3.44. The summed E-state index contributed by atoms with van der Waals surface area (Å²) in [5.74, 6) is -0.298. The van der Waals surface area contributed by atoms with Gasteiger partial charge in [0.05, 0.1) is 12.3 Å². The van der Waals surface area contributed by atoms with E-state index in [9.17, 15) is 17.6 Å². The van der Waals surface area contributed by atoms with Gasteiger partial charge in [0.1, 0.15) is 16.5 Å². The van der Waals surface area contributed by atoms with Gasteiger partial charge >= 0.3 is 6.03 Å². The number of nitrogens with one attached hydrogen (secondary N) is 1. The molecular weight excluding hydrogens is 323 g/mol. The Balaban J connectivity index is 2.13. The molecule has 0 radical (unpaired) electrons. The number of benzene rings is 1. The number of anilines is 1. The van der Waals surface area contributed by atoms with E-state index in [0.29, 0.717) is 5.76 Å². The van der Waals surface area contributed by atoms with E-state index < -0.39 is 26.6 Å². The van der Waals surface area contributed by atoms with Crippen molar-refractivity contribution in [3.05, 3.63) is 48.2 Å². The lowest BCUT2D eigenvalue weighted by Crippen LogP contribution is -2.33. The zero-order valence-electron chi connectivity index (χ0n) is 12.9. The molecule has 0 aliphatic rings. The minimum atomic E-state index is -3.65. The predicted octanol–water partition coefficient (Wildman–Crippen LogP) is 3.05. The molecule has 1 atom stereocenters. The molecule has 6 nitrogen and oxygen atoms in total. The number of urea groups is 1. The van der Waals surface area contributed by atoms with Crippen LogP contribution in [0.5, 0.6) is 0 Å². The molecule has 1 heterocycles. The highest BCUT2D eigenvalue weighted by Crippen LogP contribution is 2.22. The normalized spacial score (nSPS) is 12.7. The van der Waals surface area contributed by atoms with Gasteiger partial charge in [-0.15, -0.1) is 0 Å². The van der Waals surface area contributed by atoms with Crippen molar-refractivity contribution in [2.45, 2.75) is 17.9 Å². The van der Waals surface area contributed by atoms with Crippen molar-refractivity contribution in [1.82, 2.24) is 4.90 Å². The Morgan fingerprint density at radius 2 is 2.04 bits per heavy atom. The van der Waals surface area contributed by atoms with E-state index in [1.54, 1.807) is 26.1 Å². The fraction of sp³-hybridized carbons (Fsp3) is 0.267. The van der Waals surface area contributed by atoms with Gasteiger partial charge in [0.15, 0.2) is 9.84 Å². The van der Waals surface area contributed by atoms with Crippen LogP contribution in [0.25, 0.3) is 0 Å². The summed E-state index contributed by atoms with van der Waals surface area (Å²) in [6.45, 7) is 1.78. The van der Waals surface area contributed by atoms with Crippen LogP contribution in [-0.2, 0) is 9.84 Å². The maximum atomic E-state index is 13.8. The predicted molar refractivity (Wildman–Crippen MR) is 83.4 cm³/mol. The minimum absolute atomic E-state index is 0.165. The maximum absolute atomic E-state index is 13.8. The summed E-state index contributed by atoms with van der Waals surface area (Å²) in [5.41, 5.74) is 0.165. The summed E-state index contributed by atoms with van der Waals surface area (Å²) in [7, 11) is -2.08. The van der Waals surface area contributed by atoms with Crippen LogP contribution in [0.2, 0.25) is 0 Å². The molecule has 2 amide bonds. The zero-order valence-corrected chi connectivity index (χ0v) is 13.7. The van der Waals surface area contributed by atoms with Gasteiger partial charge in [-0.1, -0.05) is 0 Å². The number of furan rings is 1. The number of hydrogen-bond donors (Lipinski definition) is 1. The second-order valence-electron chi connectivity index (χ2n) is 5.15. The van der Waals surface area contributed by atoms with Gasteiger partial charge in [0.25, 0.3) is 0 Å². The summed E-state index contributed by atoms with van der Waals surface area (Å²) in [5, 5.41) is 2.51. The third-order valence-corrected chi connectivity index (χ3v) is 4.57. The molecule has 1 aromatic carbocycles. The molecule has 0 aliphatic carbocycles. The molecule has 124 valence electrons. The van der Waals surface area contributed by atoms with Crippen molar-refractivity contribution in [2.75, 3.05) is 18.6 Å². The molecule has 0 bridgehead atoms. The molecule has 0 saturated heterocycles. The van der Waals surface area contributed by atoms with Gasteiger partial charge in [-0.3, -0.25) is 0 Å². The summed E-state index contributed by atoms with van der Waals surface area (Å²) >= 11 is 0. The van der Waals surface area contributed by atoms with E-state index in [1.165, 1.54) is 17.2 Å². The van der Waals surface area contributed by atoms with Crippen molar-refractivity contribution in [3.8, 4) is 0 Å². The Labute approximate surface area is 133 Å². The maximum Gasteiger partial charge on any atom is 0.322 e. The molecule has 2 rings (SSSR count). The number of sulfone groups is 1. The fourth-order valence-electron chi connectivity index (χ4n) is 1.99. The lowest BCUT2D eigenvalue weighted by Gasteiger charge is -2.23. The molecule has 23 heavy (non-hydrogen) atoms. The van der Waals surface area contributed by atoms with E-state index >= 15 is 0 Å². The fourth-order valence-corrected chi connectivity index (χ4v) is 2.72. The average molecular weight is 340 g/mol. The monoisotopic (exact) mass is 340 g/mol. The van der Waals surface area contributed by atoms with Crippen molar-refractivity contribution >= 4 is 21.6 Å². The Bertz CT molecular complexity index is 803. The lowest BCUT2D eigenvalue weighted by atomic mass is 10.2. The van der Waals surface area contributed by atoms with Crippen LogP contribution in [0.15, 0.2) is 45.9 Å². The third kappa shape index (κ3) is 3.89. The van der Waals surface area contributed by atoms with Gasteiger partial charge in [-0.05, 0) is 37.3 Å². The highest BCUT2D eigenvalue weighted by Gasteiger charge is 2.20. The van der Waals surface area contributed by atoms with Gasteiger partial charge in [-0.25, -0.2) is 17.6 Å². The van der Waals surface area contributed by atoms with E-state index in [1.807, 2.05) is 0 Å². The van der Waals surface area contributed by atoms with Gasteiger partial charge < -0.3 is 14.6 Å². The number of amides is 2. The van der Waals surface area contributed by atoms with Crippen molar-refractivity contribution < 1.29 is 22.0 Å². The molecule has 1 aromatic heterocycles. The van der Waals surface area contributed by atoms with Gasteiger partial charge in [-0.2, -0.15) is 0 Å². The summed E-state index contributed by atoms with van der Waals surface area (Å²) in [6.07, 6.45) is 2.43. The summed E-state index contributed by atoms with van der Waals surface area (Å²) in [4.78, 5) is 13.2. The van der Waals surface area contributed by atoms with E-state index in [0.717, 1.165) is 18.4 Å². The number of hydrogen-bond acceptors (Lipinski definition) is 4. The Morgan fingerprint density at radius 1 is 1.35 bits per heavy atom. The first-order valence-electron chi connectivity index (χ1n) is 6.77. The minimum Gasteiger partial charge on any atom is -0.467 e. The largest absolute Gasteiger partial charge is 0.467 e. The van der Waals surface area contributed by atoms with Gasteiger partial charge in [0, 0.05) is 19.0 Å². The van der Waals surface area contributed by atoms with Crippen molar-refractivity contribution in [3.63, 3.8) is 0 Å². The Hall–Kier alpha value is -2.35. The smallest absolute Gasteiger partial charge is 0.322 e. The SMILES string of the molecule is C[C@@H](c1ccco1)N(C)C(=O)Nc1ccc(S(C)(=O)=O)c(F)c1. The Morgan fingerprint density at radius 3 is 2.57 bits per heavy atom. The Kier molecular flexibility index (Phi) is 4.74. The quantitative estimate of drug-likeness (QED) is 0.928. The van der Waals surface area contributed by atoms with Crippen LogP contribution in [-0.4, -0.2) is 32.7 Å². The molecule has 0 aliphatic heterocycles. The van der Waals surface area contributed by atoms with Crippen LogP contribution in [0.1, 0.15) is 18.7 Å². The summed E-state index contributed by atoms with van der Waals surface area (Å²) < 4.78 is 41.8. The molecule has 0 spiro atoms. The van der Waals surface area contributed by atoms with Crippen LogP contribution in [0.4, 0.5) is 14.9 Å². The van der Waals surface area contributed by atoms with E-state index in [2.05, 4.69) is 5.32 Å². The standard InChI is InChI=1S/C15H17FN2O4S/c1-10(13-5-4-8-22-13)18(2)15(19)17-11-6-7-14(12(16)9-11)23(3,20)21/h4-10H,1-3H3,(H,17,19)/t10-/m0/s1. The van der Waals surface area contributed by atoms with Crippen LogP contribution < -0.4 is 5.32 Å². The van der Waals surface area contributed by atoms with E-state index in [4.69, 9.17) is 4.42 Å². The van der Waals surface area contributed by atoms with Crippen LogP contribution in [0.3, 0.4) is 0 Å². The second kappa shape index (κ2) is 6.41. The molecule has 2 aromatic rings. The summed E-state index contributed by atoms with van der Waals surface area (Å²) in [6, 6.07) is 6.11. The molecular formula is C15H17FN2O4S. The molecule has 1 N–H and O–H groups in total. The van der Waals surface area contributed by atoms with Crippen LogP contribution in [0, 0.1) is 5.82 Å². The first kappa shape index (κ1) is 17.0. The van der Waals surface area contributed by atoms with Crippen molar-refractivity contribution in [2.24, 2.45) is 0 Å². The zero-order chi connectivity index (χ0) is 17.2. The number of rotatable bonds is 4. The number of halogens is 1. The molecule has 8 heteroatoms. The van der Waals surface area contributed by atoms with Crippen molar-refractivity contribution in [1.29, 1.82) is 0 Å². The highest BCUT2D eigenvalue weighted by atomic mass is 32.2. The number of carbonyl (C=O) groups is 1. The topological polar surface area (TPSA) is 79.6 Å². The molecule has 0 saturated carbocycles. The molecule has 0 unspecified atom stereocenters. The second-order valence-corrected chi connectivity index (χ2v) is 7.13. The average Bonchev–Trinajstić information content (AvgIpc) is 2.98. The van der Waals surface area contributed by atoms with Gasteiger partial charge in [0.2, 0.25) is 0 Å². The number of carbonyl (C=O) groups excluding carboxylic acids is 1. The number of nitrogens with zero attached hydrogens (tertiary/aromatic N) is 1. The molecule has 0 fully saturated rings.